The van der Waals surface area contributed by atoms with Crippen LogP contribution in [0.2, 0.25) is 6.32 Å². The minimum Gasteiger partial charge on any atom is -0.481 e. The van der Waals surface area contributed by atoms with Crippen molar-refractivity contribution >= 4 is 13.1 Å². The van der Waals surface area contributed by atoms with Gasteiger partial charge in [-0.05, 0) is 55.6 Å². The summed E-state index contributed by atoms with van der Waals surface area (Å²) in [6.07, 6.45) is 2.23. The third kappa shape index (κ3) is 3.04. The summed E-state index contributed by atoms with van der Waals surface area (Å²) < 4.78 is 0. The molecule has 0 amide bonds. The van der Waals surface area contributed by atoms with Crippen molar-refractivity contribution in [3.63, 3.8) is 0 Å². The van der Waals surface area contributed by atoms with E-state index >= 15 is 0 Å². The molecule has 0 aliphatic heterocycles. The van der Waals surface area contributed by atoms with Crippen molar-refractivity contribution in [3.05, 3.63) is 34.9 Å². The molecule has 1 aliphatic carbocycles. The van der Waals surface area contributed by atoms with Gasteiger partial charge < -0.3 is 20.9 Å². The van der Waals surface area contributed by atoms with Crippen LogP contribution in [0.5, 0.6) is 0 Å². The molecule has 22 heavy (non-hydrogen) atoms. The van der Waals surface area contributed by atoms with Gasteiger partial charge in [0.2, 0.25) is 0 Å². The number of hydrogen-bond acceptors (Lipinski definition) is 4. The van der Waals surface area contributed by atoms with Crippen LogP contribution in [0.1, 0.15) is 49.4 Å². The van der Waals surface area contributed by atoms with E-state index in [1.54, 1.807) is 6.92 Å². The fourth-order valence-corrected chi connectivity index (χ4v) is 3.46. The Kier molecular flexibility index (Phi) is 4.95. The molecule has 0 aromatic heterocycles. The average molecular weight is 305 g/mol. The lowest BCUT2D eigenvalue weighted by Crippen LogP contribution is -2.37. The Labute approximate surface area is 131 Å². The molecule has 1 aliphatic rings. The SMILES string of the molecule is C[C@H](N)c1ccc2c(c1)[C@@](C)(C(=O)O)[C@@H](CCCB(O)O)C2. The minimum absolute atomic E-state index is 0.0397. The predicted octanol–water partition coefficient (Wildman–Crippen LogP) is 1.47. The number of carbonyl (C=O) groups is 1. The van der Waals surface area contributed by atoms with Crippen LogP contribution in [-0.4, -0.2) is 28.2 Å². The summed E-state index contributed by atoms with van der Waals surface area (Å²) in [6, 6.07) is 5.74. The fourth-order valence-electron chi connectivity index (χ4n) is 3.46. The van der Waals surface area contributed by atoms with Gasteiger partial charge in [0.1, 0.15) is 0 Å². The highest BCUT2D eigenvalue weighted by Gasteiger charge is 2.48. The van der Waals surface area contributed by atoms with Gasteiger partial charge in [-0.1, -0.05) is 24.6 Å². The van der Waals surface area contributed by atoms with E-state index in [-0.39, 0.29) is 18.3 Å². The number of hydrogen-bond donors (Lipinski definition) is 4. The molecule has 6 heteroatoms. The smallest absolute Gasteiger partial charge is 0.451 e. The van der Waals surface area contributed by atoms with Gasteiger partial charge >= 0.3 is 13.1 Å². The first-order valence-electron chi connectivity index (χ1n) is 7.75. The Morgan fingerprint density at radius 2 is 2.18 bits per heavy atom. The van der Waals surface area contributed by atoms with E-state index < -0.39 is 18.5 Å². The summed E-state index contributed by atoms with van der Waals surface area (Å²) in [5.41, 5.74) is 7.83. The largest absolute Gasteiger partial charge is 0.481 e. The van der Waals surface area contributed by atoms with E-state index in [9.17, 15) is 9.90 Å². The third-order valence-corrected chi connectivity index (χ3v) is 4.96. The van der Waals surface area contributed by atoms with Gasteiger partial charge in [0.15, 0.2) is 0 Å². The van der Waals surface area contributed by atoms with Crippen LogP contribution in [0.4, 0.5) is 0 Å². The fraction of sp³-hybridized carbons (Fsp3) is 0.562. The molecule has 3 atom stereocenters. The maximum atomic E-state index is 11.9. The lowest BCUT2D eigenvalue weighted by Gasteiger charge is -2.28. The average Bonchev–Trinajstić information content (AvgIpc) is 2.72. The Bertz CT molecular complexity index is 561. The maximum absolute atomic E-state index is 11.9. The first kappa shape index (κ1) is 17.0. The summed E-state index contributed by atoms with van der Waals surface area (Å²) in [5, 5.41) is 27.7. The van der Waals surface area contributed by atoms with Gasteiger partial charge in [0, 0.05) is 6.04 Å². The number of fused-ring (bicyclic) bond motifs is 1. The van der Waals surface area contributed by atoms with E-state index in [1.165, 1.54) is 0 Å². The predicted molar refractivity (Wildman–Crippen MR) is 85.5 cm³/mol. The van der Waals surface area contributed by atoms with Gasteiger partial charge in [-0.3, -0.25) is 4.79 Å². The van der Waals surface area contributed by atoms with Crippen molar-refractivity contribution in [2.45, 2.75) is 50.9 Å². The van der Waals surface area contributed by atoms with Crippen molar-refractivity contribution in [2.75, 3.05) is 0 Å². The van der Waals surface area contributed by atoms with E-state index in [0.29, 0.717) is 19.3 Å². The van der Waals surface area contributed by atoms with E-state index in [0.717, 1.165) is 16.7 Å². The molecule has 5 N–H and O–H groups in total. The monoisotopic (exact) mass is 305 g/mol. The Hall–Kier alpha value is -1.37. The Balaban J connectivity index is 2.30. The molecule has 0 radical (unpaired) electrons. The van der Waals surface area contributed by atoms with Crippen LogP contribution in [0.15, 0.2) is 18.2 Å². The van der Waals surface area contributed by atoms with Gasteiger partial charge in [0.05, 0.1) is 5.41 Å². The van der Waals surface area contributed by atoms with Crippen molar-refractivity contribution in [3.8, 4) is 0 Å². The Morgan fingerprint density at radius 3 is 2.73 bits per heavy atom. The van der Waals surface area contributed by atoms with Crippen LogP contribution in [0.3, 0.4) is 0 Å². The van der Waals surface area contributed by atoms with Crippen molar-refractivity contribution < 1.29 is 19.9 Å². The molecular weight excluding hydrogens is 281 g/mol. The normalized spacial score (nSPS) is 24.9. The molecule has 0 fully saturated rings. The number of benzene rings is 1. The third-order valence-electron chi connectivity index (χ3n) is 4.96. The standard InChI is InChI=1S/C16H24BNO4/c1-10(18)11-5-6-12-8-13(4-3-7-17(21)22)16(2,15(19)20)14(12)9-11/h5-6,9-10,13,21-22H,3-4,7-8,18H2,1-2H3,(H,19,20)/t10-,13-,16-/m0/s1. The molecule has 0 spiro atoms. The van der Waals surface area contributed by atoms with E-state index in [4.69, 9.17) is 15.8 Å². The Morgan fingerprint density at radius 1 is 1.50 bits per heavy atom. The van der Waals surface area contributed by atoms with Crippen LogP contribution >= 0.6 is 0 Å². The van der Waals surface area contributed by atoms with Gasteiger partial charge in [0.25, 0.3) is 0 Å². The zero-order valence-corrected chi connectivity index (χ0v) is 13.1. The molecule has 0 unspecified atom stereocenters. The van der Waals surface area contributed by atoms with Crippen LogP contribution < -0.4 is 5.73 Å². The van der Waals surface area contributed by atoms with Gasteiger partial charge in [-0.2, -0.15) is 0 Å². The number of aliphatic carboxylic acids is 1. The molecular formula is C16H24BNO4. The summed E-state index contributed by atoms with van der Waals surface area (Å²) in [6.45, 7) is 3.65. The van der Waals surface area contributed by atoms with E-state index in [1.807, 2.05) is 25.1 Å². The second-order valence-corrected chi connectivity index (χ2v) is 6.53. The molecule has 120 valence electrons. The first-order valence-corrected chi connectivity index (χ1v) is 7.75. The molecule has 1 aromatic carbocycles. The topological polar surface area (TPSA) is 104 Å². The van der Waals surface area contributed by atoms with Gasteiger partial charge in [-0.25, -0.2) is 0 Å². The molecule has 0 bridgehead atoms. The highest BCUT2D eigenvalue weighted by Crippen LogP contribution is 2.46. The lowest BCUT2D eigenvalue weighted by atomic mass is 9.72. The summed E-state index contributed by atoms with van der Waals surface area (Å²) in [7, 11) is -1.33. The molecule has 0 saturated carbocycles. The minimum atomic E-state index is -1.33. The van der Waals surface area contributed by atoms with E-state index in [2.05, 4.69) is 0 Å². The molecule has 5 nitrogen and oxygen atoms in total. The number of rotatable bonds is 6. The maximum Gasteiger partial charge on any atom is 0.451 e. The summed E-state index contributed by atoms with van der Waals surface area (Å²) in [5.74, 6) is -0.871. The molecule has 2 rings (SSSR count). The summed E-state index contributed by atoms with van der Waals surface area (Å²) >= 11 is 0. The second-order valence-electron chi connectivity index (χ2n) is 6.53. The van der Waals surface area contributed by atoms with Gasteiger partial charge in [-0.15, -0.1) is 0 Å². The zero-order valence-electron chi connectivity index (χ0n) is 13.1. The first-order chi connectivity index (χ1) is 10.3. The van der Waals surface area contributed by atoms with Crippen LogP contribution in [0.25, 0.3) is 0 Å². The molecule has 0 saturated heterocycles. The van der Waals surface area contributed by atoms with Crippen LogP contribution in [-0.2, 0) is 16.6 Å². The number of carboxylic acids is 1. The number of nitrogens with two attached hydrogens (primary N) is 1. The van der Waals surface area contributed by atoms with Crippen LogP contribution in [0, 0.1) is 5.92 Å². The highest BCUT2D eigenvalue weighted by molar-refractivity contribution is 6.40. The number of carboxylic acid groups (broad SMARTS) is 1. The summed E-state index contributed by atoms with van der Waals surface area (Å²) in [4.78, 5) is 11.9. The van der Waals surface area contributed by atoms with Crippen molar-refractivity contribution in [1.29, 1.82) is 0 Å². The quantitative estimate of drug-likeness (QED) is 0.596. The van der Waals surface area contributed by atoms with Crippen molar-refractivity contribution in [2.24, 2.45) is 11.7 Å². The second kappa shape index (κ2) is 6.40. The zero-order chi connectivity index (χ0) is 16.5. The highest BCUT2D eigenvalue weighted by atomic mass is 16.4. The van der Waals surface area contributed by atoms with Crippen molar-refractivity contribution in [1.82, 2.24) is 0 Å². The molecule has 1 aromatic rings. The molecule has 0 heterocycles. The lowest BCUT2D eigenvalue weighted by molar-refractivity contribution is -0.145.